The van der Waals surface area contributed by atoms with Gasteiger partial charge in [0.25, 0.3) is 0 Å². The van der Waals surface area contributed by atoms with E-state index in [0.717, 1.165) is 5.56 Å². The minimum atomic E-state index is -1.02. The van der Waals surface area contributed by atoms with Gasteiger partial charge >= 0.3 is 0 Å². The lowest BCUT2D eigenvalue weighted by atomic mass is 9.68. The van der Waals surface area contributed by atoms with E-state index in [1.807, 2.05) is 29.7 Å². The summed E-state index contributed by atoms with van der Waals surface area (Å²) in [5, 5.41) is 9.60. The molecule has 1 aromatic carbocycles. The third kappa shape index (κ3) is 3.89. The lowest BCUT2D eigenvalue weighted by Crippen LogP contribution is -2.52. The summed E-state index contributed by atoms with van der Waals surface area (Å²) < 4.78 is 28.5. The number of aliphatic hydroxyl groups is 1. The molecule has 0 radical (unpaired) electrons. The average molecular weight is 417 g/mol. The lowest BCUT2D eigenvalue weighted by Gasteiger charge is -2.45. The molecule has 162 valence electrons. The quantitative estimate of drug-likeness (QED) is 0.783. The van der Waals surface area contributed by atoms with Crippen molar-refractivity contribution in [1.82, 2.24) is 9.80 Å². The van der Waals surface area contributed by atoms with Crippen LogP contribution in [0.5, 0.6) is 0 Å². The van der Waals surface area contributed by atoms with Crippen LogP contribution in [0, 0.1) is 17.2 Å². The molecule has 2 heterocycles. The molecule has 0 saturated carbocycles. The van der Waals surface area contributed by atoms with Gasteiger partial charge in [-0.15, -0.1) is 0 Å². The molecule has 1 amide bonds. The Morgan fingerprint density at radius 1 is 1.20 bits per heavy atom. The number of hydrogen-bond donors (Lipinski definition) is 1. The topological polar surface area (TPSA) is 43.8 Å². The van der Waals surface area contributed by atoms with E-state index < -0.39 is 6.17 Å². The van der Waals surface area contributed by atoms with Gasteiger partial charge in [0.05, 0.1) is 12.1 Å². The van der Waals surface area contributed by atoms with Crippen LogP contribution in [-0.2, 0) is 4.79 Å². The third-order valence-electron chi connectivity index (χ3n) is 7.28. The van der Waals surface area contributed by atoms with Crippen LogP contribution in [0.25, 0.3) is 0 Å². The van der Waals surface area contributed by atoms with Crippen LogP contribution in [0.4, 0.5) is 8.78 Å². The maximum absolute atomic E-state index is 15.2. The van der Waals surface area contributed by atoms with Gasteiger partial charge in [-0.05, 0) is 68.0 Å². The van der Waals surface area contributed by atoms with Crippen molar-refractivity contribution < 1.29 is 18.7 Å². The van der Waals surface area contributed by atoms with E-state index in [0.29, 0.717) is 32.4 Å². The van der Waals surface area contributed by atoms with E-state index in [4.69, 9.17) is 0 Å². The van der Waals surface area contributed by atoms with Crippen molar-refractivity contribution in [3.05, 3.63) is 59.6 Å². The maximum Gasteiger partial charge on any atom is 0.240 e. The van der Waals surface area contributed by atoms with Crippen molar-refractivity contribution in [2.24, 2.45) is 11.3 Å². The monoisotopic (exact) mass is 416 g/mol. The Kier molecular flexibility index (Phi) is 5.71. The molecule has 5 atom stereocenters. The Labute approximate surface area is 176 Å². The molecule has 30 heavy (non-hydrogen) atoms. The summed E-state index contributed by atoms with van der Waals surface area (Å²) in [7, 11) is 0. The van der Waals surface area contributed by atoms with E-state index >= 15 is 4.39 Å². The van der Waals surface area contributed by atoms with Crippen molar-refractivity contribution in [1.29, 1.82) is 0 Å². The molecule has 2 saturated heterocycles. The van der Waals surface area contributed by atoms with Crippen LogP contribution in [0.2, 0.25) is 0 Å². The van der Waals surface area contributed by atoms with Crippen LogP contribution in [0.15, 0.2) is 48.3 Å². The van der Waals surface area contributed by atoms with Gasteiger partial charge in [0.2, 0.25) is 5.91 Å². The van der Waals surface area contributed by atoms with Gasteiger partial charge in [-0.25, -0.2) is 8.78 Å². The zero-order valence-corrected chi connectivity index (χ0v) is 17.6. The second-order valence-corrected chi connectivity index (χ2v) is 9.14. The highest BCUT2D eigenvalue weighted by atomic mass is 19.1. The number of halogens is 2. The molecular formula is C24H30F2N2O2. The van der Waals surface area contributed by atoms with Gasteiger partial charge in [0.1, 0.15) is 17.7 Å². The minimum Gasteiger partial charge on any atom is -0.508 e. The molecule has 1 aromatic rings. The van der Waals surface area contributed by atoms with Gasteiger partial charge in [0.15, 0.2) is 0 Å². The number of nitrogens with zero attached hydrogens (tertiary/aromatic N) is 2. The molecule has 6 heteroatoms. The fraction of sp³-hybridized carbons (Fsp3) is 0.542. The molecule has 4 rings (SSSR count). The summed E-state index contributed by atoms with van der Waals surface area (Å²) >= 11 is 0. The summed E-state index contributed by atoms with van der Waals surface area (Å²) in [5.41, 5.74) is 0.599. The van der Waals surface area contributed by atoms with E-state index in [2.05, 4.69) is 0 Å². The number of hydrogen-bond acceptors (Lipinski definition) is 3. The number of allylic oxidation sites excluding steroid dienone is 3. The molecule has 1 N–H and O–H groups in total. The smallest absolute Gasteiger partial charge is 0.240 e. The molecule has 1 unspecified atom stereocenters. The standard InChI is InChI=1S/C24H30F2N2O2/c1-16(17-3-5-18(25)6-4-17)28-14-10-22(23(28)30)27-13-9-20(21(26)15-27)24(2)11-7-19(29)8-12-24/h3-8,11,16,20-22,29H,9-10,12-15H2,1-2H3/t16-,20+,21+,22+,24?/m0/s1. The molecular weight excluding hydrogens is 386 g/mol. The second-order valence-electron chi connectivity index (χ2n) is 9.14. The molecule has 0 spiro atoms. The molecule has 0 aromatic heterocycles. The molecule has 2 fully saturated rings. The van der Waals surface area contributed by atoms with E-state index in [9.17, 15) is 14.3 Å². The van der Waals surface area contributed by atoms with Crippen molar-refractivity contribution in [2.45, 2.75) is 51.4 Å². The number of carbonyl (C=O) groups excluding carboxylic acids is 1. The Morgan fingerprint density at radius 3 is 2.57 bits per heavy atom. The Morgan fingerprint density at radius 2 is 1.93 bits per heavy atom. The van der Waals surface area contributed by atoms with E-state index in [-0.39, 0.29) is 47.4 Å². The zero-order valence-electron chi connectivity index (χ0n) is 17.6. The predicted octanol–water partition coefficient (Wildman–Crippen LogP) is 4.56. The normalized spacial score (nSPS) is 33.6. The number of alkyl halides is 1. The maximum atomic E-state index is 15.2. The lowest BCUT2D eigenvalue weighted by molar-refractivity contribution is -0.135. The fourth-order valence-electron chi connectivity index (χ4n) is 5.30. The Bertz CT molecular complexity index is 853. The highest BCUT2D eigenvalue weighted by molar-refractivity contribution is 5.84. The molecule has 2 aliphatic heterocycles. The van der Waals surface area contributed by atoms with Gasteiger partial charge in [-0.1, -0.05) is 25.1 Å². The zero-order chi connectivity index (χ0) is 21.5. The number of piperidine rings is 1. The first kappa shape index (κ1) is 21.0. The van der Waals surface area contributed by atoms with E-state index in [1.165, 1.54) is 12.1 Å². The van der Waals surface area contributed by atoms with Gasteiger partial charge < -0.3 is 10.0 Å². The summed E-state index contributed by atoms with van der Waals surface area (Å²) in [6, 6.07) is 5.84. The van der Waals surface area contributed by atoms with Crippen molar-refractivity contribution >= 4 is 5.91 Å². The number of carbonyl (C=O) groups is 1. The molecule has 3 aliphatic rings. The number of benzene rings is 1. The number of aliphatic hydroxyl groups excluding tert-OH is 1. The first-order valence-corrected chi connectivity index (χ1v) is 10.8. The summed E-state index contributed by atoms with van der Waals surface area (Å²) in [5.74, 6) is -0.137. The van der Waals surface area contributed by atoms with Crippen molar-refractivity contribution in [3.8, 4) is 0 Å². The number of amides is 1. The molecule has 1 aliphatic carbocycles. The highest BCUT2D eigenvalue weighted by Gasteiger charge is 2.45. The van der Waals surface area contributed by atoms with Gasteiger partial charge in [-0.2, -0.15) is 0 Å². The van der Waals surface area contributed by atoms with Crippen LogP contribution >= 0.6 is 0 Å². The Hall–Kier alpha value is -2.21. The third-order valence-corrected chi connectivity index (χ3v) is 7.28. The summed E-state index contributed by atoms with van der Waals surface area (Å²) in [6.07, 6.45) is 6.35. The van der Waals surface area contributed by atoms with Gasteiger partial charge in [0, 0.05) is 19.0 Å². The van der Waals surface area contributed by atoms with Gasteiger partial charge in [-0.3, -0.25) is 9.69 Å². The average Bonchev–Trinajstić information content (AvgIpc) is 3.11. The van der Waals surface area contributed by atoms with Crippen molar-refractivity contribution in [2.75, 3.05) is 19.6 Å². The second kappa shape index (κ2) is 8.14. The van der Waals surface area contributed by atoms with Crippen molar-refractivity contribution in [3.63, 3.8) is 0 Å². The highest BCUT2D eigenvalue weighted by Crippen LogP contribution is 2.44. The summed E-state index contributed by atoms with van der Waals surface area (Å²) in [4.78, 5) is 16.9. The first-order chi connectivity index (χ1) is 14.3. The van der Waals surface area contributed by atoms with E-state index in [1.54, 1.807) is 24.3 Å². The number of likely N-dealkylation sites (tertiary alicyclic amines) is 2. The molecule has 4 nitrogen and oxygen atoms in total. The minimum absolute atomic E-state index is 0.0362. The predicted molar refractivity (Wildman–Crippen MR) is 112 cm³/mol. The SMILES string of the molecule is C[C@@H](c1ccc(F)cc1)N1CC[C@@H](N2CC[C@@H](C3(C)C=CC(O)=CC3)[C@H](F)C2)C1=O. The molecule has 0 bridgehead atoms. The first-order valence-electron chi connectivity index (χ1n) is 10.8. The fourth-order valence-corrected chi connectivity index (χ4v) is 5.30. The Balaban J connectivity index is 1.40. The number of rotatable bonds is 4. The van der Waals surface area contributed by atoms with Crippen LogP contribution in [0.1, 0.15) is 44.7 Å². The largest absolute Gasteiger partial charge is 0.508 e. The summed E-state index contributed by atoms with van der Waals surface area (Å²) in [6.45, 7) is 5.59. The van der Waals surface area contributed by atoms with Crippen LogP contribution in [0.3, 0.4) is 0 Å². The van der Waals surface area contributed by atoms with Crippen LogP contribution in [-0.4, -0.2) is 52.7 Å². The van der Waals surface area contributed by atoms with Crippen LogP contribution < -0.4 is 0 Å².